The first-order valence-corrected chi connectivity index (χ1v) is 5.15. The second-order valence-electron chi connectivity index (χ2n) is 2.21. The maximum Gasteiger partial charge on any atom is 0.0950 e. The van der Waals surface area contributed by atoms with E-state index in [0.717, 1.165) is 5.75 Å². The molecule has 1 aromatic carbocycles. The summed E-state index contributed by atoms with van der Waals surface area (Å²) in [5.74, 6) is 1.69. The van der Waals surface area contributed by atoms with Crippen LogP contribution < -0.4 is 0 Å². The SMILES string of the molecule is S=C=NCSCc1ccccc1. The summed E-state index contributed by atoms with van der Waals surface area (Å²) in [7, 11) is 0. The van der Waals surface area contributed by atoms with Gasteiger partial charge >= 0.3 is 0 Å². The van der Waals surface area contributed by atoms with Gasteiger partial charge in [0.05, 0.1) is 11.0 Å². The molecule has 0 aromatic heterocycles. The number of benzene rings is 1. The van der Waals surface area contributed by atoms with Crippen molar-refractivity contribution in [1.82, 2.24) is 0 Å². The van der Waals surface area contributed by atoms with Crippen LogP contribution in [-0.4, -0.2) is 11.0 Å². The van der Waals surface area contributed by atoms with E-state index in [1.54, 1.807) is 11.8 Å². The fraction of sp³-hybridized carbons (Fsp3) is 0.222. The standard InChI is InChI=1S/C9H9NS2/c11-7-10-8-12-6-9-4-2-1-3-5-9/h1-5H,6,8H2. The summed E-state index contributed by atoms with van der Waals surface area (Å²) < 4.78 is 0. The number of nitrogens with zero attached hydrogens (tertiary/aromatic N) is 1. The second kappa shape index (κ2) is 5.95. The molecule has 0 atom stereocenters. The number of thiocarbonyl (C=S) groups is 1. The summed E-state index contributed by atoms with van der Waals surface area (Å²) in [5.41, 5.74) is 1.32. The van der Waals surface area contributed by atoms with E-state index < -0.39 is 0 Å². The van der Waals surface area contributed by atoms with E-state index in [1.165, 1.54) is 5.56 Å². The molecule has 0 N–H and O–H groups in total. The van der Waals surface area contributed by atoms with Gasteiger partial charge in [-0.25, -0.2) is 4.99 Å². The van der Waals surface area contributed by atoms with Crippen molar-refractivity contribution in [2.75, 3.05) is 5.88 Å². The summed E-state index contributed by atoms with van der Waals surface area (Å²) in [6.07, 6.45) is 0. The minimum Gasteiger partial charge on any atom is -0.222 e. The van der Waals surface area contributed by atoms with Gasteiger partial charge in [0.2, 0.25) is 0 Å². The van der Waals surface area contributed by atoms with Crippen LogP contribution in [0.15, 0.2) is 35.3 Å². The molecule has 3 heteroatoms. The summed E-state index contributed by atoms with van der Waals surface area (Å²) in [5, 5.41) is 2.34. The van der Waals surface area contributed by atoms with Gasteiger partial charge in [-0.2, -0.15) is 0 Å². The molecule has 1 aromatic rings. The topological polar surface area (TPSA) is 12.4 Å². The largest absolute Gasteiger partial charge is 0.222 e. The maximum atomic E-state index is 4.45. The molecule has 1 rings (SSSR count). The minimum atomic E-state index is 0.707. The summed E-state index contributed by atoms with van der Waals surface area (Å²) in [4.78, 5) is 3.81. The molecule has 0 heterocycles. The highest BCUT2D eigenvalue weighted by molar-refractivity contribution is 7.98. The zero-order valence-electron chi connectivity index (χ0n) is 6.56. The van der Waals surface area contributed by atoms with E-state index in [9.17, 15) is 0 Å². The lowest BCUT2D eigenvalue weighted by atomic mass is 10.2. The number of rotatable bonds is 4. The third kappa shape index (κ3) is 3.67. The Kier molecular flexibility index (Phi) is 4.69. The summed E-state index contributed by atoms with van der Waals surface area (Å²) >= 11 is 6.19. The average Bonchev–Trinajstić information content (AvgIpc) is 2.14. The highest BCUT2D eigenvalue weighted by atomic mass is 32.2. The molecule has 0 aliphatic heterocycles. The van der Waals surface area contributed by atoms with Crippen molar-refractivity contribution < 1.29 is 0 Å². The van der Waals surface area contributed by atoms with Gasteiger partial charge < -0.3 is 0 Å². The maximum absolute atomic E-state index is 4.45. The molecule has 0 amide bonds. The van der Waals surface area contributed by atoms with Gasteiger partial charge in [-0.15, -0.1) is 11.8 Å². The predicted molar refractivity (Wildman–Crippen MR) is 57.6 cm³/mol. The first-order chi connectivity index (χ1) is 5.93. The molecule has 0 bridgehead atoms. The number of aliphatic imine (C=N–C) groups is 1. The van der Waals surface area contributed by atoms with Crippen LogP contribution in [-0.2, 0) is 5.75 Å². The monoisotopic (exact) mass is 195 g/mol. The van der Waals surface area contributed by atoms with Crippen molar-refractivity contribution in [1.29, 1.82) is 0 Å². The Morgan fingerprint density at radius 2 is 2.08 bits per heavy atom. The molecule has 0 radical (unpaired) electrons. The number of thioether (sulfide) groups is 1. The zero-order valence-corrected chi connectivity index (χ0v) is 8.20. The quantitative estimate of drug-likeness (QED) is 0.416. The Morgan fingerprint density at radius 3 is 2.75 bits per heavy atom. The van der Waals surface area contributed by atoms with E-state index in [2.05, 4.69) is 34.5 Å². The van der Waals surface area contributed by atoms with Crippen LogP contribution >= 0.6 is 24.0 Å². The first kappa shape index (κ1) is 9.46. The Labute approximate surface area is 81.9 Å². The molecule has 0 unspecified atom stereocenters. The predicted octanol–water partition coefficient (Wildman–Crippen LogP) is 2.98. The fourth-order valence-electron chi connectivity index (χ4n) is 0.810. The minimum absolute atomic E-state index is 0.707. The van der Waals surface area contributed by atoms with Crippen molar-refractivity contribution in [3.05, 3.63) is 35.9 Å². The molecular formula is C9H9NS2. The molecular weight excluding hydrogens is 186 g/mol. The molecule has 62 valence electrons. The van der Waals surface area contributed by atoms with Crippen molar-refractivity contribution in [3.63, 3.8) is 0 Å². The van der Waals surface area contributed by atoms with E-state index in [0.29, 0.717) is 5.88 Å². The molecule has 0 fully saturated rings. The normalized spacial score (nSPS) is 9.00. The van der Waals surface area contributed by atoms with E-state index >= 15 is 0 Å². The van der Waals surface area contributed by atoms with E-state index in [4.69, 9.17) is 0 Å². The second-order valence-corrected chi connectivity index (χ2v) is 3.35. The Morgan fingerprint density at radius 1 is 1.33 bits per heavy atom. The lowest BCUT2D eigenvalue weighted by Gasteiger charge is -1.96. The molecule has 0 saturated heterocycles. The number of hydrogen-bond acceptors (Lipinski definition) is 3. The highest BCUT2D eigenvalue weighted by Crippen LogP contribution is 2.10. The van der Waals surface area contributed by atoms with Gasteiger partial charge in [0, 0.05) is 5.75 Å². The Bertz CT molecular complexity index is 265. The summed E-state index contributed by atoms with van der Waals surface area (Å²) in [6.45, 7) is 0. The van der Waals surface area contributed by atoms with Crippen molar-refractivity contribution in [3.8, 4) is 0 Å². The fourth-order valence-corrected chi connectivity index (χ4v) is 1.63. The summed E-state index contributed by atoms with van der Waals surface area (Å²) in [6, 6.07) is 10.3. The zero-order chi connectivity index (χ0) is 8.65. The van der Waals surface area contributed by atoms with Crippen LogP contribution in [0.25, 0.3) is 0 Å². The molecule has 0 spiro atoms. The van der Waals surface area contributed by atoms with Crippen LogP contribution in [0.4, 0.5) is 0 Å². The third-order valence-corrected chi connectivity index (χ3v) is 2.31. The number of hydrogen-bond donors (Lipinski definition) is 0. The smallest absolute Gasteiger partial charge is 0.0950 e. The Balaban J connectivity index is 2.29. The van der Waals surface area contributed by atoms with E-state index in [-0.39, 0.29) is 0 Å². The lowest BCUT2D eigenvalue weighted by molar-refractivity contribution is 1.36. The molecule has 1 nitrogen and oxygen atoms in total. The van der Waals surface area contributed by atoms with E-state index in [1.807, 2.05) is 18.2 Å². The van der Waals surface area contributed by atoms with Crippen LogP contribution in [0.2, 0.25) is 0 Å². The van der Waals surface area contributed by atoms with Gasteiger partial charge in [-0.3, -0.25) is 0 Å². The highest BCUT2D eigenvalue weighted by Gasteiger charge is 1.89. The van der Waals surface area contributed by atoms with Gasteiger partial charge in [0.15, 0.2) is 0 Å². The van der Waals surface area contributed by atoms with Crippen LogP contribution in [0.3, 0.4) is 0 Å². The molecule has 0 aliphatic carbocycles. The number of isothiocyanates is 1. The third-order valence-electron chi connectivity index (χ3n) is 1.33. The lowest BCUT2D eigenvalue weighted by Crippen LogP contribution is -1.79. The van der Waals surface area contributed by atoms with Crippen LogP contribution in [0.1, 0.15) is 5.56 Å². The first-order valence-electron chi connectivity index (χ1n) is 3.59. The molecule has 0 aliphatic rings. The Hall–Kier alpha value is -0.630. The van der Waals surface area contributed by atoms with Crippen molar-refractivity contribution >= 4 is 29.1 Å². The van der Waals surface area contributed by atoms with Crippen molar-refractivity contribution in [2.45, 2.75) is 5.75 Å². The average molecular weight is 195 g/mol. The molecule has 0 saturated carbocycles. The van der Waals surface area contributed by atoms with Gasteiger partial charge in [-0.05, 0) is 17.8 Å². The van der Waals surface area contributed by atoms with Gasteiger partial charge in [0.25, 0.3) is 0 Å². The van der Waals surface area contributed by atoms with Crippen LogP contribution in [0.5, 0.6) is 0 Å². The van der Waals surface area contributed by atoms with Gasteiger partial charge in [-0.1, -0.05) is 30.3 Å². The molecule has 12 heavy (non-hydrogen) atoms. The van der Waals surface area contributed by atoms with Crippen LogP contribution in [0, 0.1) is 0 Å². The van der Waals surface area contributed by atoms with Crippen molar-refractivity contribution in [2.24, 2.45) is 4.99 Å². The van der Waals surface area contributed by atoms with Gasteiger partial charge in [0.1, 0.15) is 0 Å².